The monoisotopic (exact) mass is 367 g/mol. The van der Waals surface area contributed by atoms with E-state index in [1.807, 2.05) is 0 Å². The third-order valence-electron chi connectivity index (χ3n) is 4.08. The third kappa shape index (κ3) is 4.03. The van der Waals surface area contributed by atoms with E-state index in [9.17, 15) is 18.8 Å². The SMILES string of the molecule is CC(=O)Nc1ccc(NC(=O)Cn2c(C)cc(=O)c3cccc(F)c32)cc1. The van der Waals surface area contributed by atoms with Gasteiger partial charge in [0, 0.05) is 35.4 Å². The maximum atomic E-state index is 14.3. The normalized spacial score (nSPS) is 10.6. The van der Waals surface area contributed by atoms with Crippen LogP contribution in [0, 0.1) is 12.7 Å². The molecule has 0 atom stereocenters. The largest absolute Gasteiger partial charge is 0.333 e. The minimum atomic E-state index is -0.555. The number of nitrogens with one attached hydrogen (secondary N) is 2. The zero-order valence-corrected chi connectivity index (χ0v) is 14.9. The number of amides is 2. The summed E-state index contributed by atoms with van der Waals surface area (Å²) in [5.41, 5.74) is 1.47. The lowest BCUT2D eigenvalue weighted by molar-refractivity contribution is -0.117. The van der Waals surface area contributed by atoms with Crippen LogP contribution in [-0.2, 0) is 16.1 Å². The molecule has 7 heteroatoms. The van der Waals surface area contributed by atoms with E-state index in [1.54, 1.807) is 31.2 Å². The quantitative estimate of drug-likeness (QED) is 0.744. The smallest absolute Gasteiger partial charge is 0.244 e. The molecule has 3 rings (SSSR count). The Labute approximate surface area is 154 Å². The molecule has 0 aliphatic heterocycles. The van der Waals surface area contributed by atoms with Gasteiger partial charge in [-0.3, -0.25) is 14.4 Å². The lowest BCUT2D eigenvalue weighted by Crippen LogP contribution is -2.22. The van der Waals surface area contributed by atoms with Crippen molar-refractivity contribution in [3.05, 3.63) is 70.3 Å². The Morgan fingerprint density at radius 2 is 1.67 bits per heavy atom. The van der Waals surface area contributed by atoms with Crippen molar-refractivity contribution < 1.29 is 14.0 Å². The third-order valence-corrected chi connectivity index (χ3v) is 4.08. The summed E-state index contributed by atoms with van der Waals surface area (Å²) in [6, 6.07) is 12.3. The molecule has 138 valence electrons. The Morgan fingerprint density at radius 3 is 2.30 bits per heavy atom. The molecule has 6 nitrogen and oxygen atoms in total. The minimum absolute atomic E-state index is 0.110. The van der Waals surface area contributed by atoms with E-state index in [0.717, 1.165) is 0 Å². The molecule has 0 aliphatic carbocycles. The van der Waals surface area contributed by atoms with Crippen molar-refractivity contribution in [1.82, 2.24) is 4.57 Å². The number of hydrogen-bond acceptors (Lipinski definition) is 3. The molecule has 0 saturated heterocycles. The summed E-state index contributed by atoms with van der Waals surface area (Å²) in [6.45, 7) is 2.92. The summed E-state index contributed by atoms with van der Waals surface area (Å²) in [5.74, 6) is -1.10. The second-order valence-electron chi connectivity index (χ2n) is 6.18. The van der Waals surface area contributed by atoms with Gasteiger partial charge in [-0.05, 0) is 43.3 Å². The van der Waals surface area contributed by atoms with Crippen molar-refractivity contribution in [1.29, 1.82) is 0 Å². The average molecular weight is 367 g/mol. The molecule has 0 aliphatic rings. The summed E-state index contributed by atoms with van der Waals surface area (Å²) in [4.78, 5) is 35.5. The molecule has 2 aromatic carbocycles. The number of aromatic nitrogens is 1. The summed E-state index contributed by atoms with van der Waals surface area (Å²) < 4.78 is 15.8. The number of halogens is 1. The van der Waals surface area contributed by atoms with Crippen LogP contribution in [0.3, 0.4) is 0 Å². The van der Waals surface area contributed by atoms with Crippen LogP contribution in [0.25, 0.3) is 10.9 Å². The molecule has 1 aromatic heterocycles. The maximum absolute atomic E-state index is 14.3. The Kier molecular flexibility index (Phi) is 5.03. The molecule has 0 bridgehead atoms. The standard InChI is InChI=1S/C20H18FN3O3/c1-12-10-18(26)16-4-3-5-17(21)20(16)24(12)11-19(27)23-15-8-6-14(7-9-15)22-13(2)25/h3-10H,11H2,1-2H3,(H,22,25)(H,23,27). The highest BCUT2D eigenvalue weighted by molar-refractivity contribution is 5.93. The van der Waals surface area contributed by atoms with Crippen LogP contribution < -0.4 is 16.1 Å². The predicted octanol–water partition coefficient (Wildman–Crippen LogP) is 3.05. The van der Waals surface area contributed by atoms with Crippen LogP contribution in [0.5, 0.6) is 0 Å². The first-order valence-electron chi connectivity index (χ1n) is 8.31. The summed E-state index contributed by atoms with van der Waals surface area (Å²) in [6.07, 6.45) is 0. The zero-order chi connectivity index (χ0) is 19.6. The summed E-state index contributed by atoms with van der Waals surface area (Å²) in [5, 5.41) is 5.59. The Balaban J connectivity index is 1.84. The molecule has 0 unspecified atom stereocenters. The van der Waals surface area contributed by atoms with Crippen LogP contribution in [0.1, 0.15) is 12.6 Å². The number of rotatable bonds is 4. The van der Waals surface area contributed by atoms with Gasteiger partial charge in [0.15, 0.2) is 5.43 Å². The number of pyridine rings is 1. The highest BCUT2D eigenvalue weighted by Crippen LogP contribution is 2.18. The van der Waals surface area contributed by atoms with Crippen molar-refractivity contribution in [2.45, 2.75) is 20.4 Å². The molecule has 0 radical (unpaired) electrons. The van der Waals surface area contributed by atoms with Crippen molar-refractivity contribution in [2.24, 2.45) is 0 Å². The number of anilines is 2. The molecule has 27 heavy (non-hydrogen) atoms. The Morgan fingerprint density at radius 1 is 1.04 bits per heavy atom. The number of carbonyl (C=O) groups excluding carboxylic acids is 2. The summed E-state index contributed by atoms with van der Waals surface area (Å²) in [7, 11) is 0. The molecular weight excluding hydrogens is 349 g/mol. The van der Waals surface area contributed by atoms with Crippen molar-refractivity contribution in [2.75, 3.05) is 10.6 Å². The summed E-state index contributed by atoms with van der Waals surface area (Å²) >= 11 is 0. The van der Waals surface area contributed by atoms with E-state index in [4.69, 9.17) is 0 Å². The lowest BCUT2D eigenvalue weighted by Gasteiger charge is -2.15. The number of hydrogen-bond donors (Lipinski definition) is 2. The lowest BCUT2D eigenvalue weighted by atomic mass is 10.1. The van der Waals surface area contributed by atoms with E-state index in [2.05, 4.69) is 10.6 Å². The Bertz CT molecular complexity index is 1090. The number of para-hydroxylation sites is 1. The molecule has 0 saturated carbocycles. The fourth-order valence-corrected chi connectivity index (χ4v) is 2.90. The number of benzene rings is 2. The van der Waals surface area contributed by atoms with E-state index in [-0.39, 0.29) is 34.7 Å². The van der Waals surface area contributed by atoms with Gasteiger partial charge in [-0.1, -0.05) is 6.07 Å². The van der Waals surface area contributed by atoms with Gasteiger partial charge in [-0.2, -0.15) is 0 Å². The first-order chi connectivity index (χ1) is 12.8. The number of nitrogens with zero attached hydrogens (tertiary/aromatic N) is 1. The molecule has 0 spiro atoms. The van der Waals surface area contributed by atoms with Gasteiger partial charge in [-0.15, -0.1) is 0 Å². The van der Waals surface area contributed by atoms with Crippen LogP contribution >= 0.6 is 0 Å². The van der Waals surface area contributed by atoms with Gasteiger partial charge in [0.05, 0.1) is 5.52 Å². The fraction of sp³-hybridized carbons (Fsp3) is 0.150. The molecule has 0 fully saturated rings. The highest BCUT2D eigenvalue weighted by Gasteiger charge is 2.13. The van der Waals surface area contributed by atoms with Gasteiger partial charge < -0.3 is 15.2 Å². The first-order valence-corrected chi connectivity index (χ1v) is 8.31. The van der Waals surface area contributed by atoms with Gasteiger partial charge in [0.2, 0.25) is 11.8 Å². The van der Waals surface area contributed by atoms with E-state index >= 15 is 0 Å². The van der Waals surface area contributed by atoms with E-state index < -0.39 is 5.82 Å². The first kappa shape index (κ1) is 18.3. The topological polar surface area (TPSA) is 80.2 Å². The van der Waals surface area contributed by atoms with Gasteiger partial charge in [0.1, 0.15) is 12.4 Å². The van der Waals surface area contributed by atoms with Crippen LogP contribution in [-0.4, -0.2) is 16.4 Å². The fourth-order valence-electron chi connectivity index (χ4n) is 2.90. The second-order valence-corrected chi connectivity index (χ2v) is 6.18. The Hall–Kier alpha value is -3.48. The molecular formula is C20H18FN3O3. The van der Waals surface area contributed by atoms with E-state index in [0.29, 0.717) is 17.1 Å². The van der Waals surface area contributed by atoms with Crippen LogP contribution in [0.4, 0.5) is 15.8 Å². The van der Waals surface area contributed by atoms with Crippen molar-refractivity contribution in [3.8, 4) is 0 Å². The maximum Gasteiger partial charge on any atom is 0.244 e. The van der Waals surface area contributed by atoms with Crippen LogP contribution in [0.15, 0.2) is 53.3 Å². The second kappa shape index (κ2) is 7.41. The molecule has 2 N–H and O–H groups in total. The van der Waals surface area contributed by atoms with Gasteiger partial charge in [-0.25, -0.2) is 4.39 Å². The predicted molar refractivity (Wildman–Crippen MR) is 102 cm³/mol. The van der Waals surface area contributed by atoms with Crippen LogP contribution in [0.2, 0.25) is 0 Å². The van der Waals surface area contributed by atoms with E-state index in [1.165, 1.54) is 35.8 Å². The zero-order valence-electron chi connectivity index (χ0n) is 14.9. The molecule has 1 heterocycles. The number of carbonyl (C=O) groups is 2. The average Bonchev–Trinajstić information content (AvgIpc) is 2.60. The molecule has 2 amide bonds. The van der Waals surface area contributed by atoms with Crippen molar-refractivity contribution >= 4 is 34.1 Å². The molecule has 3 aromatic rings. The number of aryl methyl sites for hydroxylation is 1. The van der Waals surface area contributed by atoms with Gasteiger partial charge >= 0.3 is 0 Å². The van der Waals surface area contributed by atoms with Gasteiger partial charge in [0.25, 0.3) is 0 Å². The number of fused-ring (bicyclic) bond motifs is 1. The minimum Gasteiger partial charge on any atom is -0.333 e. The van der Waals surface area contributed by atoms with Crippen molar-refractivity contribution in [3.63, 3.8) is 0 Å². The highest BCUT2D eigenvalue weighted by atomic mass is 19.1.